The van der Waals surface area contributed by atoms with Crippen LogP contribution in [-0.2, 0) is 0 Å². The van der Waals surface area contributed by atoms with Gasteiger partial charge in [-0.25, -0.2) is 0 Å². The maximum atomic E-state index is 6.03. The lowest BCUT2D eigenvalue weighted by Gasteiger charge is -2.11. The zero-order valence-corrected chi connectivity index (χ0v) is 13.0. The van der Waals surface area contributed by atoms with Crippen LogP contribution in [0.1, 0.15) is 0 Å². The van der Waals surface area contributed by atoms with Crippen molar-refractivity contribution in [1.82, 2.24) is 4.98 Å². The van der Waals surface area contributed by atoms with Gasteiger partial charge in [0.25, 0.3) is 0 Å². The Labute approximate surface area is 126 Å². The van der Waals surface area contributed by atoms with Crippen LogP contribution in [0.5, 0.6) is 0 Å². The van der Waals surface area contributed by atoms with E-state index in [2.05, 4.69) is 48.8 Å². The van der Waals surface area contributed by atoms with Crippen LogP contribution < -0.4 is 11.1 Å². The van der Waals surface area contributed by atoms with Crippen LogP contribution in [0.15, 0.2) is 35.1 Å². The van der Waals surface area contributed by atoms with E-state index in [9.17, 15) is 0 Å². The third-order valence-corrected chi connectivity index (χ3v) is 4.73. The highest BCUT2D eigenvalue weighted by molar-refractivity contribution is 14.1. The number of rotatable bonds is 2. The summed E-state index contributed by atoms with van der Waals surface area (Å²) < 4.78 is 2.16. The molecule has 3 N–H and O–H groups in total. The number of pyridine rings is 1. The average Bonchev–Trinajstić information content (AvgIpc) is 2.28. The molecule has 0 aliphatic carbocycles. The molecule has 0 amide bonds. The van der Waals surface area contributed by atoms with Crippen LogP contribution in [0.25, 0.3) is 0 Å². The fourth-order valence-electron chi connectivity index (χ4n) is 1.30. The Morgan fingerprint density at radius 1 is 1.35 bits per heavy atom. The topological polar surface area (TPSA) is 50.9 Å². The van der Waals surface area contributed by atoms with Crippen molar-refractivity contribution in [3.63, 3.8) is 0 Å². The number of anilines is 3. The minimum Gasteiger partial charge on any atom is -0.396 e. The van der Waals surface area contributed by atoms with E-state index in [4.69, 9.17) is 17.3 Å². The molecule has 0 unspecified atom stereocenters. The first kappa shape index (κ1) is 12.9. The van der Waals surface area contributed by atoms with Crippen molar-refractivity contribution in [2.75, 3.05) is 11.1 Å². The summed E-state index contributed by atoms with van der Waals surface area (Å²) in [6.07, 6.45) is 3.13. The molecule has 0 fully saturated rings. The molecule has 0 aliphatic rings. The minimum atomic E-state index is 0.503. The number of nitrogens with zero attached hydrogens (tertiary/aromatic N) is 1. The van der Waals surface area contributed by atoms with Crippen molar-refractivity contribution in [1.29, 1.82) is 0 Å². The largest absolute Gasteiger partial charge is 0.396 e. The predicted molar refractivity (Wildman–Crippen MR) is 83.8 cm³/mol. The number of hydrogen-bond donors (Lipinski definition) is 2. The number of benzene rings is 1. The fraction of sp³-hybridized carbons (Fsp3) is 0. The third-order valence-electron chi connectivity index (χ3n) is 2.12. The molecule has 2 aromatic rings. The summed E-state index contributed by atoms with van der Waals surface area (Å²) in [4.78, 5) is 3.91. The molecule has 1 heterocycles. The molecular weight excluding hydrogens is 416 g/mol. The van der Waals surface area contributed by atoms with Crippen molar-refractivity contribution in [2.24, 2.45) is 0 Å². The van der Waals surface area contributed by atoms with E-state index in [-0.39, 0.29) is 0 Å². The second-order valence-electron chi connectivity index (χ2n) is 3.34. The van der Waals surface area contributed by atoms with Gasteiger partial charge in [-0.05, 0) is 56.7 Å². The first-order valence-corrected chi connectivity index (χ1v) is 6.94. The van der Waals surface area contributed by atoms with Gasteiger partial charge in [-0.15, -0.1) is 0 Å². The molecular formula is C11H8BrClIN3. The summed E-state index contributed by atoms with van der Waals surface area (Å²) in [7, 11) is 0. The molecule has 0 atom stereocenters. The van der Waals surface area contributed by atoms with Gasteiger partial charge < -0.3 is 11.1 Å². The zero-order chi connectivity index (χ0) is 12.4. The number of nitrogens with two attached hydrogens (primary N) is 1. The Hall–Kier alpha value is -0.530. The quantitative estimate of drug-likeness (QED) is 0.702. The van der Waals surface area contributed by atoms with Gasteiger partial charge >= 0.3 is 0 Å². The van der Waals surface area contributed by atoms with E-state index in [0.717, 1.165) is 13.7 Å². The first-order chi connectivity index (χ1) is 8.08. The van der Waals surface area contributed by atoms with Gasteiger partial charge in [0.2, 0.25) is 0 Å². The van der Waals surface area contributed by atoms with E-state index in [1.807, 2.05) is 18.2 Å². The molecule has 0 aliphatic heterocycles. The summed E-state index contributed by atoms with van der Waals surface area (Å²) in [5, 5.41) is 3.69. The van der Waals surface area contributed by atoms with Crippen molar-refractivity contribution < 1.29 is 0 Å². The third kappa shape index (κ3) is 3.02. The summed E-state index contributed by atoms with van der Waals surface area (Å²) in [6, 6.07) is 5.92. The molecule has 1 aromatic heterocycles. The fourth-order valence-corrected chi connectivity index (χ4v) is 2.27. The van der Waals surface area contributed by atoms with E-state index < -0.39 is 0 Å². The van der Waals surface area contributed by atoms with Gasteiger partial charge in [-0.3, -0.25) is 4.98 Å². The molecule has 0 bridgehead atoms. The van der Waals surface area contributed by atoms with Crippen molar-refractivity contribution in [3.8, 4) is 0 Å². The van der Waals surface area contributed by atoms with E-state index in [1.165, 1.54) is 0 Å². The average molecular weight is 424 g/mol. The first-order valence-electron chi connectivity index (χ1n) is 4.69. The smallest absolute Gasteiger partial charge is 0.0845 e. The van der Waals surface area contributed by atoms with Crippen molar-refractivity contribution >= 4 is 67.2 Å². The number of aromatic nitrogens is 1. The molecule has 3 nitrogen and oxygen atoms in total. The van der Waals surface area contributed by atoms with Crippen molar-refractivity contribution in [2.45, 2.75) is 0 Å². The Morgan fingerprint density at radius 3 is 2.76 bits per heavy atom. The van der Waals surface area contributed by atoms with Crippen molar-refractivity contribution in [3.05, 3.63) is 43.7 Å². The monoisotopic (exact) mass is 423 g/mol. The summed E-state index contributed by atoms with van der Waals surface area (Å²) in [6.45, 7) is 0. The van der Waals surface area contributed by atoms with Crippen LogP contribution in [0.4, 0.5) is 17.1 Å². The number of hydrogen-bond acceptors (Lipinski definition) is 3. The second-order valence-corrected chi connectivity index (χ2v) is 5.76. The lowest BCUT2D eigenvalue weighted by molar-refractivity contribution is 1.33. The second kappa shape index (κ2) is 5.41. The molecule has 88 valence electrons. The minimum absolute atomic E-state index is 0.503. The van der Waals surface area contributed by atoms with Gasteiger partial charge in [-0.1, -0.05) is 11.6 Å². The highest BCUT2D eigenvalue weighted by atomic mass is 127. The standard InChI is InChI=1S/C11H8BrClIN3/c12-7-2-1-6(3-9(7)14)17-11-8(13)4-16-5-10(11)15/h1-5H,15H2,(H,16,17). The van der Waals surface area contributed by atoms with Gasteiger partial charge in [-0.2, -0.15) is 0 Å². The summed E-state index contributed by atoms with van der Waals surface area (Å²) >= 11 is 11.7. The van der Waals surface area contributed by atoms with Crippen LogP contribution in [0.2, 0.25) is 5.02 Å². The van der Waals surface area contributed by atoms with E-state index in [1.54, 1.807) is 12.4 Å². The molecule has 0 saturated heterocycles. The molecule has 17 heavy (non-hydrogen) atoms. The van der Waals surface area contributed by atoms with Crippen LogP contribution in [-0.4, -0.2) is 4.98 Å². The molecule has 0 saturated carbocycles. The molecule has 0 spiro atoms. The molecule has 6 heteroatoms. The zero-order valence-electron chi connectivity index (χ0n) is 8.55. The lowest BCUT2D eigenvalue weighted by atomic mass is 10.3. The van der Waals surface area contributed by atoms with Gasteiger partial charge in [0, 0.05) is 19.9 Å². The van der Waals surface area contributed by atoms with Crippen LogP contribution in [0, 0.1) is 3.57 Å². The Morgan fingerprint density at radius 2 is 2.12 bits per heavy atom. The number of halogens is 3. The Bertz CT molecular complexity index is 542. The Balaban J connectivity index is 2.35. The molecule has 0 radical (unpaired) electrons. The Kier molecular flexibility index (Phi) is 4.11. The van der Waals surface area contributed by atoms with Crippen LogP contribution in [0.3, 0.4) is 0 Å². The maximum Gasteiger partial charge on any atom is 0.0845 e. The number of nitrogen functional groups attached to an aromatic ring is 1. The van der Waals surface area contributed by atoms with Gasteiger partial charge in [0.05, 0.1) is 22.6 Å². The highest BCUT2D eigenvalue weighted by Crippen LogP contribution is 2.31. The maximum absolute atomic E-state index is 6.03. The van der Waals surface area contributed by atoms with Crippen LogP contribution >= 0.6 is 50.1 Å². The van der Waals surface area contributed by atoms with E-state index in [0.29, 0.717) is 16.4 Å². The van der Waals surface area contributed by atoms with E-state index >= 15 is 0 Å². The summed E-state index contributed by atoms with van der Waals surface area (Å²) in [5.74, 6) is 0. The normalized spacial score (nSPS) is 10.3. The summed E-state index contributed by atoms with van der Waals surface area (Å²) in [5.41, 5.74) is 7.95. The predicted octanol–water partition coefficient (Wildman–Crippen LogP) is 4.43. The number of nitrogens with one attached hydrogen (secondary N) is 1. The molecule has 1 aromatic carbocycles. The SMILES string of the molecule is Nc1cncc(Cl)c1Nc1ccc(Br)c(I)c1. The van der Waals surface area contributed by atoms with Gasteiger partial charge in [0.15, 0.2) is 0 Å². The highest BCUT2D eigenvalue weighted by Gasteiger charge is 2.06. The van der Waals surface area contributed by atoms with Gasteiger partial charge in [0.1, 0.15) is 0 Å². The molecule has 2 rings (SSSR count). The lowest BCUT2D eigenvalue weighted by Crippen LogP contribution is -1.98.